The Morgan fingerprint density at radius 1 is 0.404 bits per heavy atom. The third-order valence-corrected chi connectivity index (χ3v) is 8.94. The molecule has 8 nitrogen and oxygen atoms in total. The molecule has 0 fully saturated rings. The molecule has 3 aromatic heterocycles. The number of aromatic amines is 2. The molecule has 6 N–H and O–H groups in total. The second kappa shape index (κ2) is 12.9. The van der Waals surface area contributed by atoms with E-state index in [-0.39, 0.29) is 0 Å². The first-order valence-corrected chi connectivity index (χ1v) is 16.9. The summed E-state index contributed by atoms with van der Waals surface area (Å²) >= 11 is 0. The summed E-state index contributed by atoms with van der Waals surface area (Å²) in [6.07, 6.45) is 8.00. The summed E-state index contributed by atoms with van der Waals surface area (Å²) in [7, 11) is 0. The van der Waals surface area contributed by atoms with Gasteiger partial charge in [0.25, 0.3) is 0 Å². The van der Waals surface area contributed by atoms with Crippen LogP contribution in [-0.2, 0) is 0 Å². The summed E-state index contributed by atoms with van der Waals surface area (Å²) in [6.45, 7) is 0. The number of benzene rings is 4. The molecule has 9 rings (SSSR count). The second-order valence-corrected chi connectivity index (χ2v) is 12.5. The van der Waals surface area contributed by atoms with Crippen LogP contribution >= 0.6 is 0 Å². The second-order valence-electron chi connectivity index (χ2n) is 12.5. The predicted molar refractivity (Wildman–Crippen MR) is 212 cm³/mol. The smallest absolute Gasteiger partial charge is 0.176 e. The molecule has 0 atom stereocenters. The molecule has 250 valence electrons. The molecular weight excluding hydrogens is 645 g/mol. The van der Waals surface area contributed by atoms with Gasteiger partial charge < -0.3 is 30.9 Å². The van der Waals surface area contributed by atoms with Crippen LogP contribution < -0.4 is 20.9 Å². The Morgan fingerprint density at radius 2 is 0.808 bits per heavy atom. The number of anilines is 2. The van der Waals surface area contributed by atoms with E-state index in [0.717, 1.165) is 55.7 Å². The fourth-order valence-corrected chi connectivity index (χ4v) is 6.58. The van der Waals surface area contributed by atoms with Crippen LogP contribution in [-0.4, -0.2) is 19.9 Å². The summed E-state index contributed by atoms with van der Waals surface area (Å²) < 4.78 is 13.3. The zero-order chi connectivity index (χ0) is 35.0. The van der Waals surface area contributed by atoms with E-state index in [1.165, 1.54) is 0 Å². The summed E-state index contributed by atoms with van der Waals surface area (Å²) in [5.41, 5.74) is 23.4. The highest BCUT2D eigenvalue weighted by Crippen LogP contribution is 2.39. The first kappa shape index (κ1) is 30.7. The Labute approximate surface area is 299 Å². The van der Waals surface area contributed by atoms with Crippen molar-refractivity contribution in [1.82, 2.24) is 19.9 Å². The van der Waals surface area contributed by atoms with Crippen LogP contribution in [0.3, 0.4) is 0 Å². The molecule has 0 saturated heterocycles. The Morgan fingerprint density at radius 3 is 1.23 bits per heavy atom. The Kier molecular flexibility index (Phi) is 7.59. The van der Waals surface area contributed by atoms with Crippen LogP contribution in [0.2, 0.25) is 0 Å². The van der Waals surface area contributed by atoms with Gasteiger partial charge in [0, 0.05) is 45.7 Å². The van der Waals surface area contributed by atoms with Gasteiger partial charge in [-0.05, 0) is 84.0 Å². The van der Waals surface area contributed by atoms with E-state index in [0.29, 0.717) is 45.8 Å². The summed E-state index contributed by atoms with van der Waals surface area (Å²) in [5, 5.41) is 0. The standard InChI is InChI=1S/C44H32N6O2/c45-29-13-7-15-31(25-29)51-43-37-21-17-33(47-37)41(27-9-3-1-4-10-27)34-18-22-38(48-34)44(52-32-16-8-14-30(46)26-32)40-24-20-36(50-40)42(28-11-5-2-6-12-28)35-19-23-39(43)49-35/h1-26,47,50H,45-46H2. The molecule has 0 aliphatic carbocycles. The molecule has 0 spiro atoms. The van der Waals surface area contributed by atoms with Crippen molar-refractivity contribution >= 4 is 57.7 Å². The van der Waals surface area contributed by atoms with E-state index in [9.17, 15) is 0 Å². The van der Waals surface area contributed by atoms with E-state index < -0.39 is 0 Å². The molecule has 2 aliphatic heterocycles. The molecule has 2 aliphatic rings. The number of aromatic nitrogens is 4. The number of nitrogens with two attached hydrogens (primary N) is 2. The number of hydrogen-bond acceptors (Lipinski definition) is 6. The van der Waals surface area contributed by atoms with Crippen LogP contribution in [0.1, 0.15) is 22.8 Å². The lowest BCUT2D eigenvalue weighted by Gasteiger charge is -2.09. The van der Waals surface area contributed by atoms with Gasteiger partial charge >= 0.3 is 0 Å². The van der Waals surface area contributed by atoms with Crippen molar-refractivity contribution in [2.24, 2.45) is 0 Å². The summed E-state index contributed by atoms with van der Waals surface area (Å²) in [5.74, 6) is 2.32. The molecule has 52 heavy (non-hydrogen) atoms. The lowest BCUT2D eigenvalue weighted by atomic mass is 10.0. The third-order valence-electron chi connectivity index (χ3n) is 8.94. The van der Waals surface area contributed by atoms with Crippen molar-refractivity contribution in [3.05, 3.63) is 156 Å². The van der Waals surface area contributed by atoms with E-state index in [1.54, 1.807) is 12.1 Å². The van der Waals surface area contributed by atoms with Crippen LogP contribution in [0, 0.1) is 0 Å². The minimum Gasteiger partial charge on any atom is -0.453 e. The average Bonchev–Trinajstić information content (AvgIpc) is 4.00. The number of rotatable bonds is 6. The van der Waals surface area contributed by atoms with Gasteiger partial charge in [-0.25, -0.2) is 9.97 Å². The zero-order valence-corrected chi connectivity index (χ0v) is 27.9. The number of fused-ring (bicyclic) bond motifs is 8. The number of nitrogen functional groups attached to an aromatic ring is 2. The fraction of sp³-hybridized carbons (Fsp3) is 0. The van der Waals surface area contributed by atoms with Gasteiger partial charge in [-0.1, -0.05) is 72.8 Å². The number of nitrogens with zero attached hydrogens (tertiary/aromatic N) is 2. The van der Waals surface area contributed by atoms with Crippen molar-refractivity contribution in [1.29, 1.82) is 0 Å². The van der Waals surface area contributed by atoms with Gasteiger partial charge in [0.05, 0.1) is 22.4 Å². The first-order valence-electron chi connectivity index (χ1n) is 16.9. The molecular formula is C44H32N6O2. The molecule has 0 saturated carbocycles. The molecule has 4 aromatic carbocycles. The third kappa shape index (κ3) is 5.84. The number of H-pyrrole nitrogens is 2. The maximum atomic E-state index is 6.63. The van der Waals surface area contributed by atoms with Crippen LogP contribution in [0.5, 0.6) is 23.0 Å². The van der Waals surface area contributed by atoms with E-state index in [4.69, 9.17) is 30.9 Å². The number of nitrogens with one attached hydrogen (secondary N) is 2. The molecule has 0 amide bonds. The normalized spacial score (nSPS) is 11.8. The Balaban J connectivity index is 1.41. The van der Waals surface area contributed by atoms with E-state index in [1.807, 2.05) is 121 Å². The van der Waals surface area contributed by atoms with Crippen molar-refractivity contribution in [2.75, 3.05) is 11.5 Å². The van der Waals surface area contributed by atoms with Gasteiger partial charge in [-0.3, -0.25) is 0 Å². The average molecular weight is 677 g/mol. The van der Waals surface area contributed by atoms with Crippen molar-refractivity contribution in [3.63, 3.8) is 0 Å². The fourth-order valence-electron chi connectivity index (χ4n) is 6.58. The lowest BCUT2D eigenvalue weighted by Crippen LogP contribution is -1.92. The van der Waals surface area contributed by atoms with Gasteiger partial charge in [0.2, 0.25) is 0 Å². The Hall–Kier alpha value is -7.32. The first-order chi connectivity index (χ1) is 25.6. The van der Waals surface area contributed by atoms with Gasteiger partial charge in [0.15, 0.2) is 11.5 Å². The molecule has 0 unspecified atom stereocenters. The molecule has 5 heterocycles. The SMILES string of the molecule is Nc1cccc(Oc2c3nc(c(-c4ccccc4)c4ccc([nH]4)c(Oc4cccc(N)c4)c4nc(c(-c5ccccc5)c5ccc2[nH]5)C=C4)C=C3)c1. The highest BCUT2D eigenvalue weighted by molar-refractivity contribution is 5.95. The van der Waals surface area contributed by atoms with E-state index in [2.05, 4.69) is 34.2 Å². The quantitative estimate of drug-likeness (QED) is 0.130. The monoisotopic (exact) mass is 676 g/mol. The maximum Gasteiger partial charge on any atom is 0.176 e. The van der Waals surface area contributed by atoms with Gasteiger partial charge in [-0.2, -0.15) is 0 Å². The van der Waals surface area contributed by atoms with Crippen molar-refractivity contribution in [2.45, 2.75) is 0 Å². The molecule has 8 heteroatoms. The van der Waals surface area contributed by atoms with Crippen LogP contribution in [0.15, 0.2) is 133 Å². The minimum absolute atomic E-state index is 0.560. The van der Waals surface area contributed by atoms with Crippen LogP contribution in [0.25, 0.3) is 68.6 Å². The minimum atomic E-state index is 0.560. The van der Waals surface area contributed by atoms with Crippen LogP contribution in [0.4, 0.5) is 11.4 Å². The number of ether oxygens (including phenoxy) is 2. The van der Waals surface area contributed by atoms with E-state index >= 15 is 0 Å². The number of hydrogen-bond donors (Lipinski definition) is 4. The maximum absolute atomic E-state index is 6.63. The molecule has 7 aromatic rings. The Bertz CT molecular complexity index is 2520. The summed E-state index contributed by atoms with van der Waals surface area (Å²) in [6, 6.07) is 43.3. The zero-order valence-electron chi connectivity index (χ0n) is 27.9. The highest BCUT2D eigenvalue weighted by atomic mass is 16.5. The van der Waals surface area contributed by atoms with Crippen molar-refractivity contribution < 1.29 is 9.47 Å². The molecule has 8 bridgehead atoms. The van der Waals surface area contributed by atoms with Crippen molar-refractivity contribution in [3.8, 4) is 45.3 Å². The molecule has 0 radical (unpaired) electrons. The highest BCUT2D eigenvalue weighted by Gasteiger charge is 2.19. The largest absolute Gasteiger partial charge is 0.453 e. The van der Waals surface area contributed by atoms with Gasteiger partial charge in [0.1, 0.15) is 22.9 Å². The topological polar surface area (TPSA) is 128 Å². The van der Waals surface area contributed by atoms with Gasteiger partial charge in [-0.15, -0.1) is 0 Å². The predicted octanol–water partition coefficient (Wildman–Crippen LogP) is 10.7. The lowest BCUT2D eigenvalue weighted by molar-refractivity contribution is 0.484. The summed E-state index contributed by atoms with van der Waals surface area (Å²) in [4.78, 5) is 17.7.